The normalized spacial score (nSPS) is 10.4. The quantitative estimate of drug-likeness (QED) is 0.811. The van der Waals surface area contributed by atoms with Gasteiger partial charge in [-0.1, -0.05) is 12.1 Å². The van der Waals surface area contributed by atoms with Gasteiger partial charge in [-0.25, -0.2) is 0 Å². The molecule has 0 saturated carbocycles. The molecule has 19 heavy (non-hydrogen) atoms. The third kappa shape index (κ3) is 2.93. The molecule has 5 nitrogen and oxygen atoms in total. The summed E-state index contributed by atoms with van der Waals surface area (Å²) in [5, 5.41) is 6.97. The number of hydrogen-bond acceptors (Lipinski definition) is 3. The van der Waals surface area contributed by atoms with Crippen LogP contribution in [0.2, 0.25) is 0 Å². The number of amides is 1. The number of nitrogen functional groups attached to an aromatic ring is 1. The first-order chi connectivity index (χ1) is 9.09. The minimum Gasteiger partial charge on any atom is -0.398 e. The molecule has 3 N–H and O–H groups in total. The molecule has 2 rings (SSSR count). The van der Waals surface area contributed by atoms with Crippen molar-refractivity contribution in [2.45, 2.75) is 13.3 Å². The molecule has 1 aromatic carbocycles. The zero-order chi connectivity index (χ0) is 13.8. The highest BCUT2D eigenvalue weighted by Gasteiger charge is 2.11. The Kier molecular flexibility index (Phi) is 3.85. The van der Waals surface area contributed by atoms with Crippen molar-refractivity contribution < 1.29 is 4.79 Å². The van der Waals surface area contributed by atoms with Crippen LogP contribution in [0.5, 0.6) is 0 Å². The number of hydrogen-bond donors (Lipinski definition) is 2. The van der Waals surface area contributed by atoms with Gasteiger partial charge in [0, 0.05) is 37.6 Å². The predicted molar refractivity (Wildman–Crippen MR) is 74.8 cm³/mol. The summed E-state index contributed by atoms with van der Waals surface area (Å²) >= 11 is 0. The Labute approximate surface area is 112 Å². The van der Waals surface area contributed by atoms with Gasteiger partial charge in [-0.2, -0.15) is 5.10 Å². The van der Waals surface area contributed by atoms with Crippen LogP contribution in [0.3, 0.4) is 0 Å². The number of anilines is 1. The van der Waals surface area contributed by atoms with Crippen LogP contribution in [0.15, 0.2) is 30.5 Å². The number of benzene rings is 1. The molecule has 0 atom stereocenters. The van der Waals surface area contributed by atoms with Crippen molar-refractivity contribution in [3.63, 3.8) is 0 Å². The van der Waals surface area contributed by atoms with E-state index in [1.807, 2.05) is 32.2 Å². The third-order valence-corrected chi connectivity index (χ3v) is 3.12. The van der Waals surface area contributed by atoms with Crippen LogP contribution in [0.25, 0.3) is 0 Å². The number of aryl methyl sites for hydroxylation is 2. The van der Waals surface area contributed by atoms with Crippen molar-refractivity contribution in [1.29, 1.82) is 0 Å². The molecule has 0 unspecified atom stereocenters. The maximum Gasteiger partial charge on any atom is 0.253 e. The largest absolute Gasteiger partial charge is 0.398 e. The van der Waals surface area contributed by atoms with Gasteiger partial charge >= 0.3 is 0 Å². The smallest absolute Gasteiger partial charge is 0.253 e. The van der Waals surface area contributed by atoms with Gasteiger partial charge in [-0.3, -0.25) is 9.48 Å². The van der Waals surface area contributed by atoms with Crippen molar-refractivity contribution in [2.75, 3.05) is 12.3 Å². The van der Waals surface area contributed by atoms with Crippen molar-refractivity contribution >= 4 is 11.6 Å². The number of nitrogens with two attached hydrogens (primary N) is 1. The zero-order valence-electron chi connectivity index (χ0n) is 11.2. The van der Waals surface area contributed by atoms with Gasteiger partial charge in [-0.05, 0) is 24.6 Å². The molecule has 0 radical (unpaired) electrons. The SMILES string of the molecule is Cc1cccc(N)c1C(=O)NCCc1ccnn1C. The van der Waals surface area contributed by atoms with Gasteiger partial charge in [0.2, 0.25) is 0 Å². The molecule has 1 heterocycles. The van der Waals surface area contributed by atoms with Crippen LogP contribution in [0.1, 0.15) is 21.6 Å². The molecule has 100 valence electrons. The summed E-state index contributed by atoms with van der Waals surface area (Å²) in [5.74, 6) is -0.127. The average molecular weight is 258 g/mol. The zero-order valence-corrected chi connectivity index (χ0v) is 11.2. The Hall–Kier alpha value is -2.30. The van der Waals surface area contributed by atoms with Crippen molar-refractivity contribution in [2.24, 2.45) is 7.05 Å². The van der Waals surface area contributed by atoms with Gasteiger partial charge in [0.1, 0.15) is 0 Å². The minimum atomic E-state index is -0.127. The van der Waals surface area contributed by atoms with Gasteiger partial charge in [0.25, 0.3) is 5.91 Å². The predicted octanol–water partition coefficient (Wildman–Crippen LogP) is 1.28. The monoisotopic (exact) mass is 258 g/mol. The van der Waals surface area contributed by atoms with E-state index in [9.17, 15) is 4.79 Å². The summed E-state index contributed by atoms with van der Waals surface area (Å²) in [4.78, 5) is 12.1. The molecule has 1 amide bonds. The summed E-state index contributed by atoms with van der Waals surface area (Å²) in [6, 6.07) is 7.40. The van der Waals surface area contributed by atoms with Crippen molar-refractivity contribution in [1.82, 2.24) is 15.1 Å². The first-order valence-corrected chi connectivity index (χ1v) is 6.19. The van der Waals surface area contributed by atoms with E-state index in [-0.39, 0.29) is 5.91 Å². The van der Waals surface area contributed by atoms with E-state index in [1.54, 1.807) is 16.9 Å². The van der Waals surface area contributed by atoms with Crippen LogP contribution >= 0.6 is 0 Å². The van der Waals surface area contributed by atoms with Crippen LogP contribution in [0, 0.1) is 6.92 Å². The molecule has 0 saturated heterocycles. The molecule has 0 aliphatic rings. The number of carbonyl (C=O) groups excluding carboxylic acids is 1. The van der Waals surface area contributed by atoms with Crippen molar-refractivity contribution in [3.8, 4) is 0 Å². The molecule has 0 spiro atoms. The van der Waals surface area contributed by atoms with Gasteiger partial charge in [0.05, 0.1) is 5.56 Å². The second-order valence-corrected chi connectivity index (χ2v) is 4.49. The number of nitrogens with one attached hydrogen (secondary N) is 1. The lowest BCUT2D eigenvalue weighted by Crippen LogP contribution is -2.27. The molecule has 1 aromatic heterocycles. The van der Waals surface area contributed by atoms with Crippen LogP contribution < -0.4 is 11.1 Å². The summed E-state index contributed by atoms with van der Waals surface area (Å²) in [6.07, 6.45) is 2.49. The summed E-state index contributed by atoms with van der Waals surface area (Å²) in [6.45, 7) is 2.44. The van der Waals surface area contributed by atoms with Crippen LogP contribution in [0.4, 0.5) is 5.69 Å². The molecule has 0 fully saturated rings. The van der Waals surface area contributed by atoms with Gasteiger partial charge in [0.15, 0.2) is 0 Å². The fraction of sp³-hybridized carbons (Fsp3) is 0.286. The van der Waals surface area contributed by atoms with Crippen molar-refractivity contribution in [3.05, 3.63) is 47.3 Å². The van der Waals surface area contributed by atoms with E-state index in [0.29, 0.717) is 17.8 Å². The Morgan fingerprint density at radius 3 is 2.84 bits per heavy atom. The second kappa shape index (κ2) is 5.56. The molecular formula is C14H18N4O. The highest BCUT2D eigenvalue weighted by molar-refractivity contribution is 6.00. The van der Waals surface area contributed by atoms with E-state index in [4.69, 9.17) is 5.73 Å². The van der Waals surface area contributed by atoms with E-state index in [0.717, 1.165) is 17.7 Å². The summed E-state index contributed by atoms with van der Waals surface area (Å²) in [5.41, 5.74) is 8.88. The average Bonchev–Trinajstić information content (AvgIpc) is 2.75. The molecule has 0 aliphatic carbocycles. The van der Waals surface area contributed by atoms with E-state index < -0.39 is 0 Å². The molecule has 5 heteroatoms. The first-order valence-electron chi connectivity index (χ1n) is 6.19. The molecule has 2 aromatic rings. The van der Waals surface area contributed by atoms with E-state index >= 15 is 0 Å². The van der Waals surface area contributed by atoms with E-state index in [1.165, 1.54) is 0 Å². The molecular weight excluding hydrogens is 240 g/mol. The lowest BCUT2D eigenvalue weighted by molar-refractivity contribution is 0.0954. The topological polar surface area (TPSA) is 72.9 Å². The third-order valence-electron chi connectivity index (χ3n) is 3.12. The molecule has 0 bridgehead atoms. The number of rotatable bonds is 4. The standard InChI is InChI=1S/C14H18N4O/c1-10-4-3-5-12(15)13(10)14(19)16-8-6-11-7-9-17-18(11)2/h3-5,7,9H,6,8,15H2,1-2H3,(H,16,19). The Morgan fingerprint density at radius 2 is 2.21 bits per heavy atom. The summed E-state index contributed by atoms with van der Waals surface area (Å²) in [7, 11) is 1.89. The fourth-order valence-electron chi connectivity index (χ4n) is 2.04. The van der Waals surface area contributed by atoms with E-state index in [2.05, 4.69) is 10.4 Å². The highest BCUT2D eigenvalue weighted by Crippen LogP contribution is 2.15. The molecule has 0 aliphatic heterocycles. The number of carbonyl (C=O) groups is 1. The first kappa shape index (κ1) is 13.1. The summed E-state index contributed by atoms with van der Waals surface area (Å²) < 4.78 is 1.80. The maximum atomic E-state index is 12.1. The van der Waals surface area contributed by atoms with Gasteiger partial charge < -0.3 is 11.1 Å². The number of nitrogens with zero attached hydrogens (tertiary/aromatic N) is 2. The fourth-order valence-corrected chi connectivity index (χ4v) is 2.04. The Morgan fingerprint density at radius 1 is 1.42 bits per heavy atom. The second-order valence-electron chi connectivity index (χ2n) is 4.49. The maximum absolute atomic E-state index is 12.1. The Bertz CT molecular complexity index is 569. The van der Waals surface area contributed by atoms with Crippen LogP contribution in [-0.4, -0.2) is 22.2 Å². The highest BCUT2D eigenvalue weighted by atomic mass is 16.1. The lowest BCUT2D eigenvalue weighted by atomic mass is 10.1. The Balaban J connectivity index is 1.97. The lowest BCUT2D eigenvalue weighted by Gasteiger charge is -2.10. The minimum absolute atomic E-state index is 0.127. The van der Waals surface area contributed by atoms with Gasteiger partial charge in [-0.15, -0.1) is 0 Å². The van der Waals surface area contributed by atoms with Crippen LogP contribution in [-0.2, 0) is 13.5 Å². The number of aromatic nitrogens is 2.